The lowest BCUT2D eigenvalue weighted by atomic mass is 10.0. The van der Waals surface area contributed by atoms with Crippen LogP contribution in [0.15, 0.2) is 54.6 Å². The first kappa shape index (κ1) is 20.7. The fourth-order valence-corrected chi connectivity index (χ4v) is 4.09. The molecule has 0 fully saturated rings. The highest BCUT2D eigenvalue weighted by molar-refractivity contribution is 7.17. The van der Waals surface area contributed by atoms with Crippen LogP contribution in [0, 0.1) is 13.8 Å². The first-order valence-corrected chi connectivity index (χ1v) is 10.7. The molecule has 4 rings (SSSR count). The van der Waals surface area contributed by atoms with Crippen molar-refractivity contribution in [2.75, 3.05) is 11.9 Å². The van der Waals surface area contributed by atoms with Crippen LogP contribution in [0.2, 0.25) is 0 Å². The van der Waals surface area contributed by atoms with Crippen LogP contribution in [0.1, 0.15) is 38.2 Å². The Hall–Kier alpha value is -3.58. The minimum Gasteiger partial charge on any atom is -0.462 e. The third-order valence-electron chi connectivity index (χ3n) is 4.79. The van der Waals surface area contributed by atoms with E-state index in [9.17, 15) is 9.59 Å². The van der Waals surface area contributed by atoms with E-state index in [1.807, 2.05) is 55.5 Å². The molecule has 0 bridgehead atoms. The van der Waals surface area contributed by atoms with Crippen LogP contribution in [0.25, 0.3) is 22.2 Å². The molecule has 0 saturated carbocycles. The van der Waals surface area contributed by atoms with Crippen molar-refractivity contribution >= 4 is 39.2 Å². The smallest absolute Gasteiger partial charge is 0.350 e. The number of benzene rings is 2. The fourth-order valence-electron chi connectivity index (χ4n) is 3.24. The highest BCUT2D eigenvalue weighted by Gasteiger charge is 2.19. The van der Waals surface area contributed by atoms with E-state index >= 15 is 0 Å². The number of hydrogen-bond acceptors (Lipinski definition) is 6. The topological polar surface area (TPSA) is 81.2 Å². The molecule has 0 radical (unpaired) electrons. The minimum atomic E-state index is -0.436. The van der Waals surface area contributed by atoms with Gasteiger partial charge in [0.1, 0.15) is 4.88 Å². The standard InChI is InChI=1S/C24H21N3O3S/c1-4-30-23(29)21-15(3)25-24(31-21)27-22(28)18-13-20(16-11-9-14(2)10-12-16)26-19-8-6-5-7-17(18)19/h5-13H,4H2,1-3H3,(H,25,27,28). The molecule has 4 aromatic rings. The number of carbonyl (C=O) groups is 2. The Kier molecular flexibility index (Phi) is 5.77. The van der Waals surface area contributed by atoms with Gasteiger partial charge in [0.05, 0.1) is 29.1 Å². The van der Waals surface area contributed by atoms with Gasteiger partial charge in [-0.25, -0.2) is 14.8 Å². The predicted octanol–water partition coefficient (Wildman–Crippen LogP) is 5.40. The van der Waals surface area contributed by atoms with Gasteiger partial charge in [0.15, 0.2) is 5.13 Å². The lowest BCUT2D eigenvalue weighted by Crippen LogP contribution is -2.13. The summed E-state index contributed by atoms with van der Waals surface area (Å²) in [5.41, 5.74) is 4.55. The van der Waals surface area contributed by atoms with Crippen LogP contribution in [0.4, 0.5) is 5.13 Å². The number of amides is 1. The summed E-state index contributed by atoms with van der Waals surface area (Å²) in [6.07, 6.45) is 0. The zero-order valence-corrected chi connectivity index (χ0v) is 18.2. The third-order valence-corrected chi connectivity index (χ3v) is 5.84. The largest absolute Gasteiger partial charge is 0.462 e. The Bertz CT molecular complexity index is 1280. The van der Waals surface area contributed by atoms with E-state index in [1.54, 1.807) is 19.9 Å². The molecular weight excluding hydrogens is 410 g/mol. The SMILES string of the molecule is CCOC(=O)c1sc(NC(=O)c2cc(-c3ccc(C)cc3)nc3ccccc23)nc1C. The molecule has 31 heavy (non-hydrogen) atoms. The second-order valence-corrected chi connectivity index (χ2v) is 8.05. The van der Waals surface area contributed by atoms with Crippen LogP contribution < -0.4 is 5.32 Å². The van der Waals surface area contributed by atoms with Gasteiger partial charge in [-0.1, -0.05) is 59.4 Å². The van der Waals surface area contributed by atoms with Gasteiger partial charge < -0.3 is 4.74 Å². The number of hydrogen-bond donors (Lipinski definition) is 1. The molecule has 6 nitrogen and oxygen atoms in total. The summed E-state index contributed by atoms with van der Waals surface area (Å²) < 4.78 is 5.05. The van der Waals surface area contributed by atoms with E-state index < -0.39 is 5.97 Å². The summed E-state index contributed by atoms with van der Waals surface area (Å²) >= 11 is 1.10. The number of nitrogens with zero attached hydrogens (tertiary/aromatic N) is 2. The Morgan fingerprint density at radius 1 is 1.03 bits per heavy atom. The van der Waals surface area contributed by atoms with Gasteiger partial charge in [-0.05, 0) is 32.9 Å². The molecule has 1 N–H and O–H groups in total. The number of aryl methyl sites for hydroxylation is 2. The lowest BCUT2D eigenvalue weighted by molar-refractivity contribution is 0.0531. The Morgan fingerprint density at radius 2 is 1.77 bits per heavy atom. The molecule has 0 aliphatic heterocycles. The van der Waals surface area contributed by atoms with Crippen molar-refractivity contribution in [3.8, 4) is 11.3 Å². The quantitative estimate of drug-likeness (QED) is 0.428. The van der Waals surface area contributed by atoms with Gasteiger partial charge in [-0.3, -0.25) is 10.1 Å². The number of carbonyl (C=O) groups excluding carboxylic acids is 2. The second kappa shape index (κ2) is 8.65. The summed E-state index contributed by atoms with van der Waals surface area (Å²) in [6.45, 7) is 5.77. The van der Waals surface area contributed by atoms with Gasteiger partial charge in [-0.15, -0.1) is 0 Å². The van der Waals surface area contributed by atoms with Gasteiger partial charge in [0.2, 0.25) is 0 Å². The van der Waals surface area contributed by atoms with Crippen molar-refractivity contribution in [2.24, 2.45) is 0 Å². The summed E-state index contributed by atoms with van der Waals surface area (Å²) in [4.78, 5) is 34.7. The number of rotatable bonds is 5. The number of fused-ring (bicyclic) bond motifs is 1. The van der Waals surface area contributed by atoms with Gasteiger partial charge >= 0.3 is 5.97 Å². The highest BCUT2D eigenvalue weighted by atomic mass is 32.1. The number of para-hydroxylation sites is 1. The minimum absolute atomic E-state index is 0.280. The molecule has 0 aliphatic carbocycles. The van der Waals surface area contributed by atoms with Crippen molar-refractivity contribution in [3.05, 3.63) is 76.3 Å². The average molecular weight is 432 g/mol. The molecule has 0 spiro atoms. The molecule has 2 heterocycles. The first-order valence-electron chi connectivity index (χ1n) is 9.89. The third kappa shape index (κ3) is 4.32. The van der Waals surface area contributed by atoms with Gasteiger partial charge in [0.25, 0.3) is 5.91 Å². The molecule has 0 aliphatic rings. The number of esters is 1. The van der Waals surface area contributed by atoms with Crippen LogP contribution >= 0.6 is 11.3 Å². The van der Waals surface area contributed by atoms with Crippen molar-refractivity contribution in [1.29, 1.82) is 0 Å². The highest BCUT2D eigenvalue weighted by Crippen LogP contribution is 2.28. The van der Waals surface area contributed by atoms with Crippen molar-refractivity contribution < 1.29 is 14.3 Å². The van der Waals surface area contributed by atoms with E-state index in [0.29, 0.717) is 27.0 Å². The maximum atomic E-state index is 13.2. The van der Waals surface area contributed by atoms with Crippen LogP contribution in [-0.2, 0) is 4.74 Å². The fraction of sp³-hybridized carbons (Fsp3) is 0.167. The van der Waals surface area contributed by atoms with E-state index in [0.717, 1.165) is 33.4 Å². The maximum absolute atomic E-state index is 13.2. The summed E-state index contributed by atoms with van der Waals surface area (Å²) in [7, 11) is 0. The monoisotopic (exact) mass is 431 g/mol. The zero-order chi connectivity index (χ0) is 22.0. The summed E-state index contributed by atoms with van der Waals surface area (Å²) in [5.74, 6) is -0.745. The maximum Gasteiger partial charge on any atom is 0.350 e. The van der Waals surface area contributed by atoms with E-state index in [1.165, 1.54) is 0 Å². The Labute approximate surface area is 183 Å². The lowest BCUT2D eigenvalue weighted by Gasteiger charge is -2.10. The number of aromatic nitrogens is 2. The molecular formula is C24H21N3O3S. The number of pyridine rings is 1. The second-order valence-electron chi connectivity index (χ2n) is 7.05. The van der Waals surface area contributed by atoms with E-state index in [2.05, 4.69) is 10.3 Å². The molecule has 156 valence electrons. The summed E-state index contributed by atoms with van der Waals surface area (Å²) in [6, 6.07) is 17.3. The molecule has 7 heteroatoms. The normalized spacial score (nSPS) is 10.8. The van der Waals surface area contributed by atoms with Crippen LogP contribution in [0.3, 0.4) is 0 Å². The Morgan fingerprint density at radius 3 is 2.52 bits per heavy atom. The van der Waals surface area contributed by atoms with Gasteiger partial charge in [0, 0.05) is 10.9 Å². The van der Waals surface area contributed by atoms with Gasteiger partial charge in [-0.2, -0.15) is 0 Å². The predicted molar refractivity (Wildman–Crippen MR) is 123 cm³/mol. The number of thiazole rings is 1. The molecule has 2 aromatic heterocycles. The molecule has 0 unspecified atom stereocenters. The molecule has 0 atom stereocenters. The molecule has 1 amide bonds. The van der Waals surface area contributed by atoms with Crippen molar-refractivity contribution in [3.63, 3.8) is 0 Å². The zero-order valence-electron chi connectivity index (χ0n) is 17.4. The Balaban J connectivity index is 1.71. The van der Waals surface area contributed by atoms with E-state index in [4.69, 9.17) is 9.72 Å². The number of anilines is 1. The molecule has 0 saturated heterocycles. The molecule has 2 aromatic carbocycles. The van der Waals surface area contributed by atoms with Crippen LogP contribution in [-0.4, -0.2) is 28.5 Å². The summed E-state index contributed by atoms with van der Waals surface area (Å²) in [5, 5.41) is 3.92. The van der Waals surface area contributed by atoms with Crippen molar-refractivity contribution in [2.45, 2.75) is 20.8 Å². The van der Waals surface area contributed by atoms with Crippen molar-refractivity contribution in [1.82, 2.24) is 9.97 Å². The first-order chi connectivity index (χ1) is 15.0. The average Bonchev–Trinajstić information content (AvgIpc) is 3.13. The number of nitrogens with one attached hydrogen (secondary N) is 1. The van der Waals surface area contributed by atoms with E-state index in [-0.39, 0.29) is 12.5 Å². The van der Waals surface area contributed by atoms with Crippen LogP contribution in [0.5, 0.6) is 0 Å². The number of ether oxygens (including phenoxy) is 1.